The van der Waals surface area contributed by atoms with E-state index in [1.807, 2.05) is 20.8 Å². The molecule has 3 nitrogen and oxygen atoms in total. The summed E-state index contributed by atoms with van der Waals surface area (Å²) in [6, 6.07) is 0. The summed E-state index contributed by atoms with van der Waals surface area (Å²) in [6.45, 7) is 7.72. The summed E-state index contributed by atoms with van der Waals surface area (Å²) >= 11 is 0. The molecule has 1 unspecified atom stereocenters. The van der Waals surface area contributed by atoms with Gasteiger partial charge in [0.15, 0.2) is 0 Å². The number of carbonyl (C=O) groups excluding carboxylic acids is 1. The van der Waals surface area contributed by atoms with Crippen LogP contribution in [0.3, 0.4) is 0 Å². The summed E-state index contributed by atoms with van der Waals surface area (Å²) in [5.74, 6) is 0.457. The van der Waals surface area contributed by atoms with Crippen LogP contribution in [0.25, 0.3) is 0 Å². The number of nitrogens with two attached hydrogens (primary N) is 1. The zero-order valence-corrected chi connectivity index (χ0v) is 11.0. The molecule has 0 saturated heterocycles. The molecule has 1 atom stereocenters. The van der Waals surface area contributed by atoms with Crippen LogP contribution in [0.4, 0.5) is 0 Å². The molecule has 0 aromatic carbocycles. The highest BCUT2D eigenvalue weighted by atomic mass is 16.6. The van der Waals surface area contributed by atoms with Crippen molar-refractivity contribution in [3.05, 3.63) is 0 Å². The molecule has 94 valence electrons. The second-order valence-corrected chi connectivity index (χ2v) is 6.22. The predicted molar refractivity (Wildman–Crippen MR) is 65.0 cm³/mol. The van der Waals surface area contributed by atoms with Crippen molar-refractivity contribution in [1.82, 2.24) is 0 Å². The fraction of sp³-hybridized carbons (Fsp3) is 0.923. The highest BCUT2D eigenvalue weighted by Crippen LogP contribution is 2.37. The van der Waals surface area contributed by atoms with E-state index in [-0.39, 0.29) is 11.5 Å². The van der Waals surface area contributed by atoms with E-state index >= 15 is 0 Å². The van der Waals surface area contributed by atoms with Crippen molar-refractivity contribution in [2.45, 2.75) is 70.9 Å². The molecule has 1 aliphatic carbocycles. The Balaban J connectivity index is 2.30. The summed E-state index contributed by atoms with van der Waals surface area (Å²) < 4.78 is 5.27. The van der Waals surface area contributed by atoms with E-state index < -0.39 is 5.60 Å². The maximum Gasteiger partial charge on any atom is 0.306 e. The van der Waals surface area contributed by atoms with Gasteiger partial charge >= 0.3 is 5.97 Å². The van der Waals surface area contributed by atoms with Crippen LogP contribution in [0, 0.1) is 5.92 Å². The number of esters is 1. The highest BCUT2D eigenvalue weighted by molar-refractivity contribution is 5.69. The Labute approximate surface area is 98.7 Å². The van der Waals surface area contributed by atoms with Crippen molar-refractivity contribution in [2.75, 3.05) is 0 Å². The largest absolute Gasteiger partial charge is 0.460 e. The monoisotopic (exact) mass is 227 g/mol. The first-order chi connectivity index (χ1) is 7.21. The number of rotatable bonds is 4. The average Bonchev–Trinajstić information content (AvgIpc) is 1.93. The van der Waals surface area contributed by atoms with E-state index in [0.717, 1.165) is 6.42 Å². The number of hydrogen-bond donors (Lipinski definition) is 1. The minimum absolute atomic E-state index is 0.136. The van der Waals surface area contributed by atoms with E-state index in [9.17, 15) is 4.79 Å². The normalized spacial score (nSPS) is 21.1. The summed E-state index contributed by atoms with van der Waals surface area (Å²) in [4.78, 5) is 11.6. The average molecular weight is 227 g/mol. The molecule has 3 heteroatoms. The third kappa shape index (κ3) is 4.12. The fourth-order valence-corrected chi connectivity index (χ4v) is 2.04. The second-order valence-electron chi connectivity index (χ2n) is 6.22. The fourth-order valence-electron chi connectivity index (χ4n) is 2.04. The van der Waals surface area contributed by atoms with E-state index in [1.165, 1.54) is 19.3 Å². The number of hydrogen-bond acceptors (Lipinski definition) is 3. The van der Waals surface area contributed by atoms with Crippen molar-refractivity contribution in [3.8, 4) is 0 Å². The molecular formula is C13H25NO2. The van der Waals surface area contributed by atoms with Crippen molar-refractivity contribution in [3.63, 3.8) is 0 Å². The predicted octanol–water partition coefficient (Wildman–Crippen LogP) is 2.63. The molecule has 0 spiro atoms. The van der Waals surface area contributed by atoms with Crippen LogP contribution in [0.1, 0.15) is 59.8 Å². The Bertz CT molecular complexity index is 249. The molecule has 1 saturated carbocycles. The molecule has 0 radical (unpaired) electrons. The summed E-state index contributed by atoms with van der Waals surface area (Å²) in [5, 5.41) is 0. The quantitative estimate of drug-likeness (QED) is 0.751. The number of carbonyl (C=O) groups is 1. The van der Waals surface area contributed by atoms with Gasteiger partial charge in [-0.3, -0.25) is 4.79 Å². The number of ether oxygens (including phenoxy) is 1. The third-order valence-electron chi connectivity index (χ3n) is 3.33. The van der Waals surface area contributed by atoms with Gasteiger partial charge in [-0.25, -0.2) is 0 Å². The standard InChI is InChI=1S/C13H25NO2/c1-12(2,3)16-11(15)8-9-13(4,14)10-6-5-7-10/h10H,5-9,14H2,1-4H3. The minimum Gasteiger partial charge on any atom is -0.460 e. The SMILES string of the molecule is CC(C)(C)OC(=O)CCC(C)(N)C1CCC1. The first kappa shape index (κ1) is 13.5. The smallest absolute Gasteiger partial charge is 0.306 e. The van der Waals surface area contributed by atoms with Gasteiger partial charge in [0.2, 0.25) is 0 Å². The maximum absolute atomic E-state index is 11.6. The van der Waals surface area contributed by atoms with Crippen LogP contribution in [0.5, 0.6) is 0 Å². The van der Waals surface area contributed by atoms with Gasteiger partial charge in [-0.1, -0.05) is 6.42 Å². The summed E-state index contributed by atoms with van der Waals surface area (Å²) in [5.41, 5.74) is 5.64. The summed E-state index contributed by atoms with van der Waals surface area (Å²) in [7, 11) is 0. The van der Waals surface area contributed by atoms with Crippen molar-refractivity contribution >= 4 is 5.97 Å². The lowest BCUT2D eigenvalue weighted by Crippen LogP contribution is -2.47. The highest BCUT2D eigenvalue weighted by Gasteiger charge is 2.34. The molecule has 0 amide bonds. The molecule has 0 heterocycles. The molecule has 0 aromatic rings. The molecule has 0 aliphatic heterocycles. The molecule has 1 fully saturated rings. The zero-order valence-electron chi connectivity index (χ0n) is 11.0. The van der Waals surface area contributed by atoms with Gasteiger partial charge in [-0.05, 0) is 52.9 Å². The van der Waals surface area contributed by atoms with Gasteiger partial charge in [0.25, 0.3) is 0 Å². The van der Waals surface area contributed by atoms with Gasteiger partial charge in [-0.2, -0.15) is 0 Å². The van der Waals surface area contributed by atoms with Gasteiger partial charge in [0, 0.05) is 12.0 Å². The van der Waals surface area contributed by atoms with E-state index in [0.29, 0.717) is 12.3 Å². The van der Waals surface area contributed by atoms with Crippen LogP contribution in [0.15, 0.2) is 0 Å². The van der Waals surface area contributed by atoms with Crippen molar-refractivity contribution in [1.29, 1.82) is 0 Å². The van der Waals surface area contributed by atoms with Gasteiger partial charge in [-0.15, -0.1) is 0 Å². The van der Waals surface area contributed by atoms with E-state index in [1.54, 1.807) is 0 Å². The minimum atomic E-state index is -0.390. The van der Waals surface area contributed by atoms with E-state index in [4.69, 9.17) is 10.5 Å². The Morgan fingerprint density at radius 2 is 1.88 bits per heavy atom. The van der Waals surface area contributed by atoms with E-state index in [2.05, 4.69) is 6.92 Å². The van der Waals surface area contributed by atoms with Crippen LogP contribution in [0.2, 0.25) is 0 Å². The van der Waals surface area contributed by atoms with Crippen LogP contribution in [-0.2, 0) is 9.53 Å². The molecule has 2 N–H and O–H groups in total. The molecule has 16 heavy (non-hydrogen) atoms. The van der Waals surface area contributed by atoms with Crippen molar-refractivity contribution < 1.29 is 9.53 Å². The lowest BCUT2D eigenvalue weighted by Gasteiger charge is -2.40. The van der Waals surface area contributed by atoms with Crippen LogP contribution >= 0.6 is 0 Å². The van der Waals surface area contributed by atoms with Gasteiger partial charge < -0.3 is 10.5 Å². The zero-order chi connectivity index (χ0) is 12.4. The third-order valence-corrected chi connectivity index (χ3v) is 3.33. The lowest BCUT2D eigenvalue weighted by molar-refractivity contribution is -0.155. The second kappa shape index (κ2) is 4.74. The topological polar surface area (TPSA) is 52.3 Å². The first-order valence-electron chi connectivity index (χ1n) is 6.21. The van der Waals surface area contributed by atoms with Gasteiger partial charge in [0.05, 0.1) is 0 Å². The Morgan fingerprint density at radius 1 is 1.31 bits per heavy atom. The Morgan fingerprint density at radius 3 is 2.25 bits per heavy atom. The molecule has 1 aliphatic rings. The molecular weight excluding hydrogens is 202 g/mol. The van der Waals surface area contributed by atoms with Crippen LogP contribution in [-0.4, -0.2) is 17.1 Å². The molecule has 0 aromatic heterocycles. The Hall–Kier alpha value is -0.570. The first-order valence-corrected chi connectivity index (χ1v) is 6.21. The molecule has 0 bridgehead atoms. The van der Waals surface area contributed by atoms with Crippen LogP contribution < -0.4 is 5.73 Å². The summed E-state index contributed by atoms with van der Waals surface area (Å²) in [6.07, 6.45) is 4.86. The lowest BCUT2D eigenvalue weighted by atomic mass is 9.70. The van der Waals surface area contributed by atoms with Crippen molar-refractivity contribution in [2.24, 2.45) is 11.7 Å². The molecule has 1 rings (SSSR count). The van der Waals surface area contributed by atoms with Gasteiger partial charge in [0.1, 0.15) is 5.60 Å². The Kier molecular flexibility index (Phi) is 4.00. The maximum atomic E-state index is 11.6.